The van der Waals surface area contributed by atoms with E-state index in [4.69, 9.17) is 9.47 Å². The number of phenolic OH excluding ortho intramolecular Hbond substituents is 2. The van der Waals surface area contributed by atoms with Crippen LogP contribution in [0.25, 0.3) is 0 Å². The molecule has 0 aromatic heterocycles. The smallest absolute Gasteiger partial charge is 0.198 e. The molecule has 4 N–H and O–H groups in total. The Labute approximate surface area is 264 Å². The third-order valence-electron chi connectivity index (χ3n) is 9.59. The molecule has 41 heavy (non-hydrogen) atoms. The van der Waals surface area contributed by atoms with Crippen LogP contribution in [0, 0.1) is 16.7 Å². The van der Waals surface area contributed by atoms with Gasteiger partial charge in [-0.3, -0.25) is 20.3 Å². The van der Waals surface area contributed by atoms with Crippen molar-refractivity contribution in [3.63, 3.8) is 0 Å². The molecule has 0 bridgehead atoms. The maximum Gasteiger partial charge on any atom is 0.198 e. The maximum atomic E-state index is 13.5. The number of fused-ring (bicyclic) bond motifs is 3. The van der Waals surface area contributed by atoms with Crippen LogP contribution >= 0.6 is 0 Å². The van der Waals surface area contributed by atoms with Gasteiger partial charge in [-0.2, -0.15) is 6.92 Å². The molecular formula is C31H35O9Y-. The number of ketones is 3. The molecule has 0 amide bonds. The summed E-state index contributed by atoms with van der Waals surface area (Å²) in [5, 5.41) is 44.0. The van der Waals surface area contributed by atoms with Gasteiger partial charge < -0.3 is 29.9 Å². The Balaban J connectivity index is 0.00000387. The standard InChI is InChI=1S/C31H35O9.Y/c1-14-29(3,4)15(2)39-28(30(14,5)6)40-19-12-31(38,20(33)13-32)11-18-21(19)27(37)23-22(26(18)36)24(34)16-9-7-8-10-17(16)25(23)35;/h7-10,15,19,28,32,36-38H,11-13H2,1-6H3;/q-1;/t15?,19-,28?,31-;/m0./s1. The van der Waals surface area contributed by atoms with Crippen LogP contribution in [0.4, 0.5) is 0 Å². The van der Waals surface area contributed by atoms with Crippen LogP contribution < -0.4 is 0 Å². The monoisotopic (exact) mass is 640 g/mol. The summed E-state index contributed by atoms with van der Waals surface area (Å²) in [5.41, 5.74) is -3.80. The number of hydrogen-bond acceptors (Lipinski definition) is 9. The summed E-state index contributed by atoms with van der Waals surface area (Å²) in [6.07, 6.45) is -3.27. The van der Waals surface area contributed by atoms with Gasteiger partial charge in [-0.25, -0.2) is 0 Å². The van der Waals surface area contributed by atoms with Gasteiger partial charge >= 0.3 is 0 Å². The molecule has 3 aliphatic rings. The van der Waals surface area contributed by atoms with Gasteiger partial charge in [-0.1, -0.05) is 52.0 Å². The average molecular weight is 641 g/mol. The van der Waals surface area contributed by atoms with Crippen molar-refractivity contribution < 1.29 is 77.0 Å². The molecule has 1 saturated heterocycles. The number of rotatable bonds is 4. The van der Waals surface area contributed by atoms with E-state index >= 15 is 0 Å². The molecule has 2 aromatic rings. The first-order valence-corrected chi connectivity index (χ1v) is 13.4. The Bertz CT molecular complexity index is 1450. The molecule has 2 aliphatic carbocycles. The van der Waals surface area contributed by atoms with Gasteiger partial charge in [0, 0.05) is 73.9 Å². The van der Waals surface area contributed by atoms with Gasteiger partial charge in [-0.15, -0.1) is 10.8 Å². The van der Waals surface area contributed by atoms with Crippen molar-refractivity contribution >= 4 is 17.3 Å². The number of aliphatic hydroxyl groups is 2. The van der Waals surface area contributed by atoms with Crippen LogP contribution in [0.2, 0.25) is 0 Å². The summed E-state index contributed by atoms with van der Waals surface area (Å²) >= 11 is 0. The molecule has 1 fully saturated rings. The van der Waals surface area contributed by atoms with Crippen LogP contribution in [0.15, 0.2) is 24.3 Å². The molecule has 9 nitrogen and oxygen atoms in total. The summed E-state index contributed by atoms with van der Waals surface area (Å²) in [6, 6.07) is 6.11. The fourth-order valence-corrected chi connectivity index (χ4v) is 6.35. The maximum absolute atomic E-state index is 13.5. The second-order valence-electron chi connectivity index (χ2n) is 12.3. The zero-order valence-electron chi connectivity index (χ0n) is 24.1. The van der Waals surface area contributed by atoms with E-state index in [2.05, 4.69) is 13.8 Å². The molecular weight excluding hydrogens is 605 g/mol. The fourth-order valence-electron chi connectivity index (χ4n) is 6.35. The van der Waals surface area contributed by atoms with Crippen LogP contribution in [0.5, 0.6) is 11.5 Å². The Kier molecular flexibility index (Phi) is 8.26. The van der Waals surface area contributed by atoms with Crippen molar-refractivity contribution in [3.05, 3.63) is 63.6 Å². The molecule has 1 radical (unpaired) electrons. The molecule has 217 valence electrons. The van der Waals surface area contributed by atoms with E-state index in [1.165, 1.54) is 12.1 Å². The van der Waals surface area contributed by atoms with E-state index in [0.29, 0.717) is 0 Å². The summed E-state index contributed by atoms with van der Waals surface area (Å²) in [4.78, 5) is 39.7. The van der Waals surface area contributed by atoms with Gasteiger partial charge in [0.25, 0.3) is 0 Å². The Morgan fingerprint density at radius 3 is 2.10 bits per heavy atom. The normalized spacial score (nSPS) is 28.2. The molecule has 1 aliphatic heterocycles. The molecule has 5 rings (SSSR count). The number of carbonyl (C=O) groups is 3. The SMILES string of the molecule is C[C-]1C(C)(C)C(C)OC(O[C@H]2C[C@](O)(C(=O)CO)Cc3c(O)c4c(c(O)c32)C(=O)c2ccccc2C4=O)C1(C)C.[Y]. The van der Waals surface area contributed by atoms with Crippen LogP contribution in [-0.4, -0.2) is 62.4 Å². The topological polar surface area (TPSA) is 151 Å². The third kappa shape index (κ3) is 4.64. The Morgan fingerprint density at radius 2 is 1.56 bits per heavy atom. The molecule has 0 spiro atoms. The van der Waals surface area contributed by atoms with Crippen LogP contribution in [-0.2, 0) is 53.4 Å². The van der Waals surface area contributed by atoms with Gasteiger partial charge in [-0.05, 0) is 6.92 Å². The number of benzene rings is 2. The van der Waals surface area contributed by atoms with Gasteiger partial charge in [0.15, 0.2) is 17.3 Å². The number of carbonyl (C=O) groups excluding carboxylic acids is 3. The van der Waals surface area contributed by atoms with Crippen molar-refractivity contribution in [2.45, 2.75) is 78.5 Å². The second-order valence-corrected chi connectivity index (χ2v) is 12.3. The van der Waals surface area contributed by atoms with Gasteiger partial charge in [0.1, 0.15) is 30.0 Å². The number of aliphatic hydroxyl groups excluding tert-OH is 1. The van der Waals surface area contributed by atoms with E-state index in [1.807, 2.05) is 27.7 Å². The summed E-state index contributed by atoms with van der Waals surface area (Å²) < 4.78 is 12.8. The first-order valence-electron chi connectivity index (χ1n) is 13.4. The largest absolute Gasteiger partial charge is 0.507 e. The predicted octanol–water partition coefficient (Wildman–Crippen LogP) is 3.56. The predicted molar refractivity (Wildman–Crippen MR) is 143 cm³/mol. The van der Waals surface area contributed by atoms with E-state index in [9.17, 15) is 34.8 Å². The summed E-state index contributed by atoms with van der Waals surface area (Å²) in [5.74, 6) is -2.29. The van der Waals surface area contributed by atoms with Crippen molar-refractivity contribution in [3.8, 4) is 11.5 Å². The average Bonchev–Trinajstić information content (AvgIpc) is 2.91. The number of phenols is 2. The zero-order valence-corrected chi connectivity index (χ0v) is 26.9. The Hall–Kier alpha value is -2.01. The zero-order chi connectivity index (χ0) is 29.5. The van der Waals surface area contributed by atoms with Crippen LogP contribution in [0.1, 0.15) is 97.0 Å². The van der Waals surface area contributed by atoms with E-state index < -0.39 is 70.8 Å². The minimum atomic E-state index is -2.17. The second kappa shape index (κ2) is 10.6. The first-order chi connectivity index (χ1) is 18.6. The van der Waals surface area contributed by atoms with E-state index in [1.54, 1.807) is 12.1 Å². The molecule has 2 unspecified atom stereocenters. The van der Waals surface area contributed by atoms with Crippen molar-refractivity contribution in [2.24, 2.45) is 10.8 Å². The quantitative estimate of drug-likeness (QED) is 0.248. The fraction of sp³-hybridized carbons (Fsp3) is 0.484. The summed E-state index contributed by atoms with van der Waals surface area (Å²) in [7, 11) is 0. The van der Waals surface area contributed by atoms with Gasteiger partial charge in [0.2, 0.25) is 0 Å². The molecule has 10 heteroatoms. The minimum Gasteiger partial charge on any atom is -0.507 e. The molecule has 4 atom stereocenters. The molecule has 1 heterocycles. The number of Topliss-reactive ketones (excluding diaryl/α,β-unsaturated/α-hetero) is 1. The van der Waals surface area contributed by atoms with Crippen molar-refractivity contribution in [2.75, 3.05) is 6.61 Å². The molecule has 0 saturated carbocycles. The van der Waals surface area contributed by atoms with Crippen molar-refractivity contribution in [1.82, 2.24) is 0 Å². The third-order valence-corrected chi connectivity index (χ3v) is 9.59. The summed E-state index contributed by atoms with van der Waals surface area (Å²) in [6.45, 7) is 11.0. The minimum absolute atomic E-state index is 0. The van der Waals surface area contributed by atoms with E-state index in [-0.39, 0.29) is 78.5 Å². The van der Waals surface area contributed by atoms with Crippen LogP contribution in [0.3, 0.4) is 0 Å². The molecule has 2 aromatic carbocycles. The Morgan fingerprint density at radius 1 is 1.02 bits per heavy atom. The van der Waals surface area contributed by atoms with Gasteiger partial charge in [0.05, 0.1) is 17.2 Å². The van der Waals surface area contributed by atoms with Crippen molar-refractivity contribution in [1.29, 1.82) is 0 Å². The first kappa shape index (κ1) is 31.9. The van der Waals surface area contributed by atoms with E-state index in [0.717, 1.165) is 5.92 Å². The number of aromatic hydroxyl groups is 2. The number of ether oxygens (including phenoxy) is 2. The number of hydrogen-bond donors (Lipinski definition) is 4.